The normalized spacial score (nSPS) is 11.2. The monoisotopic (exact) mass is 457 g/mol. The number of nitrogens with one attached hydrogen (secondary N) is 1. The van der Waals surface area contributed by atoms with Gasteiger partial charge in [0, 0.05) is 18.4 Å². The van der Waals surface area contributed by atoms with Crippen LogP contribution in [0.15, 0.2) is 48.5 Å². The summed E-state index contributed by atoms with van der Waals surface area (Å²) in [6.07, 6.45) is 10.1. The quantitative estimate of drug-likeness (QED) is 0.266. The minimum absolute atomic E-state index is 0.689. The molecule has 7 nitrogen and oxygen atoms in total. The molecule has 0 spiro atoms. The van der Waals surface area contributed by atoms with Crippen LogP contribution in [0.5, 0.6) is 0 Å². The van der Waals surface area contributed by atoms with E-state index in [9.17, 15) is 0 Å². The second-order valence-electron chi connectivity index (χ2n) is 8.96. The van der Waals surface area contributed by atoms with Gasteiger partial charge in [-0.2, -0.15) is 5.10 Å². The average molecular weight is 458 g/mol. The molecule has 0 aliphatic rings. The summed E-state index contributed by atoms with van der Waals surface area (Å²) in [6.45, 7) is 5.25. The Hall–Kier alpha value is -3.35. The Morgan fingerprint density at radius 1 is 0.824 bits per heavy atom. The molecule has 2 aromatic carbocycles. The van der Waals surface area contributed by atoms with E-state index in [0.29, 0.717) is 5.82 Å². The van der Waals surface area contributed by atoms with Crippen LogP contribution in [-0.2, 0) is 25.8 Å². The summed E-state index contributed by atoms with van der Waals surface area (Å²) >= 11 is 0. The fourth-order valence-corrected chi connectivity index (χ4v) is 4.19. The zero-order valence-corrected chi connectivity index (χ0v) is 20.4. The number of aryl methyl sites for hydroxylation is 2. The maximum Gasteiger partial charge on any atom is 0.179 e. The number of unbranched alkanes of at least 4 members (excludes halogenated alkanes) is 4. The molecular weight excluding hydrogens is 422 g/mol. The van der Waals surface area contributed by atoms with Gasteiger partial charge in [0.2, 0.25) is 0 Å². The van der Waals surface area contributed by atoms with E-state index >= 15 is 0 Å². The molecule has 0 atom stereocenters. The van der Waals surface area contributed by atoms with E-state index in [1.165, 1.54) is 48.8 Å². The van der Waals surface area contributed by atoms with Crippen molar-refractivity contribution in [3.05, 3.63) is 76.9 Å². The number of tetrazole rings is 1. The van der Waals surface area contributed by atoms with E-state index in [-0.39, 0.29) is 0 Å². The SMILES string of the molecule is CCCCCc1nc(CCCCC)n(Cc2ccc(Cc3cccc(-c4nnn[nH]4)c3)cc2)n1. The molecule has 0 amide bonds. The number of hydrogen-bond acceptors (Lipinski definition) is 5. The van der Waals surface area contributed by atoms with Crippen LogP contribution < -0.4 is 0 Å². The largest absolute Gasteiger partial charge is 0.245 e. The van der Waals surface area contributed by atoms with E-state index in [1.54, 1.807) is 0 Å². The van der Waals surface area contributed by atoms with Gasteiger partial charge in [0.15, 0.2) is 11.6 Å². The smallest absolute Gasteiger partial charge is 0.179 e. The van der Waals surface area contributed by atoms with Gasteiger partial charge in [0.1, 0.15) is 5.82 Å². The molecule has 2 heterocycles. The lowest BCUT2D eigenvalue weighted by atomic mass is 10.0. The highest BCUT2D eigenvalue weighted by Gasteiger charge is 2.11. The first kappa shape index (κ1) is 23.8. The molecule has 2 aromatic heterocycles. The Balaban J connectivity index is 1.42. The first-order valence-corrected chi connectivity index (χ1v) is 12.6. The van der Waals surface area contributed by atoms with Gasteiger partial charge in [-0.25, -0.2) is 14.8 Å². The van der Waals surface area contributed by atoms with E-state index in [1.807, 2.05) is 12.1 Å². The number of hydrogen-bond donors (Lipinski definition) is 1. The van der Waals surface area contributed by atoms with Crippen molar-refractivity contribution in [1.29, 1.82) is 0 Å². The van der Waals surface area contributed by atoms with Crippen LogP contribution in [0.2, 0.25) is 0 Å². The van der Waals surface area contributed by atoms with Crippen molar-refractivity contribution < 1.29 is 0 Å². The predicted molar refractivity (Wildman–Crippen MR) is 134 cm³/mol. The summed E-state index contributed by atoms with van der Waals surface area (Å²) in [6, 6.07) is 17.2. The van der Waals surface area contributed by atoms with Crippen molar-refractivity contribution >= 4 is 0 Å². The Kier molecular flexibility index (Phi) is 8.54. The molecule has 0 fully saturated rings. The lowest BCUT2D eigenvalue weighted by Crippen LogP contribution is -2.07. The fraction of sp³-hybridized carbons (Fsp3) is 0.444. The van der Waals surface area contributed by atoms with Crippen LogP contribution in [0, 0.1) is 0 Å². The predicted octanol–water partition coefficient (Wildman–Crippen LogP) is 5.56. The summed E-state index contributed by atoms with van der Waals surface area (Å²) < 4.78 is 2.13. The van der Waals surface area contributed by atoms with Crippen LogP contribution >= 0.6 is 0 Å². The summed E-state index contributed by atoms with van der Waals surface area (Å²) in [7, 11) is 0. The molecule has 0 unspecified atom stereocenters. The van der Waals surface area contributed by atoms with Gasteiger partial charge in [0.05, 0.1) is 6.54 Å². The molecule has 0 saturated heterocycles. The summed E-state index contributed by atoms with van der Waals surface area (Å²) in [5, 5.41) is 19.0. The van der Waals surface area contributed by atoms with Gasteiger partial charge in [-0.05, 0) is 52.4 Å². The highest BCUT2D eigenvalue weighted by Crippen LogP contribution is 2.18. The minimum atomic E-state index is 0.689. The number of aromatic nitrogens is 7. The Morgan fingerprint density at radius 2 is 1.59 bits per heavy atom. The molecule has 4 rings (SSSR count). The lowest BCUT2D eigenvalue weighted by Gasteiger charge is -2.08. The average Bonchev–Trinajstić information content (AvgIpc) is 3.52. The topological polar surface area (TPSA) is 85.2 Å². The summed E-state index contributed by atoms with van der Waals surface area (Å²) in [5.74, 6) is 2.81. The Bertz CT molecular complexity index is 1130. The van der Waals surface area contributed by atoms with E-state index in [2.05, 4.69) is 75.6 Å². The van der Waals surface area contributed by atoms with Crippen molar-refractivity contribution in [2.45, 2.75) is 78.2 Å². The van der Waals surface area contributed by atoms with E-state index in [0.717, 1.165) is 49.4 Å². The molecule has 0 bridgehead atoms. The molecule has 34 heavy (non-hydrogen) atoms. The molecule has 0 aliphatic carbocycles. The fourth-order valence-electron chi connectivity index (χ4n) is 4.19. The minimum Gasteiger partial charge on any atom is -0.245 e. The maximum absolute atomic E-state index is 4.89. The zero-order valence-electron chi connectivity index (χ0n) is 20.4. The van der Waals surface area contributed by atoms with E-state index in [4.69, 9.17) is 10.1 Å². The second-order valence-corrected chi connectivity index (χ2v) is 8.96. The van der Waals surface area contributed by atoms with Crippen molar-refractivity contribution in [2.75, 3.05) is 0 Å². The van der Waals surface area contributed by atoms with Gasteiger partial charge in [-0.1, -0.05) is 82.0 Å². The number of rotatable bonds is 13. The van der Waals surface area contributed by atoms with Crippen LogP contribution in [0.1, 0.15) is 80.7 Å². The summed E-state index contributed by atoms with van der Waals surface area (Å²) in [4.78, 5) is 4.89. The van der Waals surface area contributed by atoms with Crippen LogP contribution in [-0.4, -0.2) is 35.4 Å². The molecular formula is C27H35N7. The third-order valence-corrected chi connectivity index (χ3v) is 6.11. The van der Waals surface area contributed by atoms with Gasteiger partial charge in [-0.3, -0.25) is 0 Å². The number of benzene rings is 2. The number of aromatic amines is 1. The van der Waals surface area contributed by atoms with E-state index < -0.39 is 0 Å². The maximum atomic E-state index is 4.89. The first-order valence-electron chi connectivity index (χ1n) is 12.6. The van der Waals surface area contributed by atoms with Gasteiger partial charge < -0.3 is 0 Å². The third-order valence-electron chi connectivity index (χ3n) is 6.11. The third kappa shape index (κ3) is 6.59. The Morgan fingerprint density at radius 3 is 2.32 bits per heavy atom. The van der Waals surface area contributed by atoms with Crippen molar-refractivity contribution in [1.82, 2.24) is 35.4 Å². The highest BCUT2D eigenvalue weighted by atomic mass is 15.5. The van der Waals surface area contributed by atoms with Gasteiger partial charge >= 0.3 is 0 Å². The molecule has 0 radical (unpaired) electrons. The van der Waals surface area contributed by atoms with Crippen LogP contribution in [0.3, 0.4) is 0 Å². The Labute approximate surface area is 202 Å². The highest BCUT2D eigenvalue weighted by molar-refractivity contribution is 5.55. The second kappa shape index (κ2) is 12.2. The van der Waals surface area contributed by atoms with Gasteiger partial charge in [-0.15, -0.1) is 5.10 Å². The summed E-state index contributed by atoms with van der Waals surface area (Å²) in [5.41, 5.74) is 4.76. The number of nitrogens with zero attached hydrogens (tertiary/aromatic N) is 6. The molecule has 4 aromatic rings. The standard InChI is InChI=1S/C27H35N7/c1-3-5-7-12-25-28-26(13-8-6-4-2)34(31-25)20-22-16-14-21(15-17-22)18-23-10-9-11-24(19-23)27-29-32-33-30-27/h9-11,14-17,19H,3-8,12-13,18,20H2,1-2H3,(H,29,30,32,33). The molecule has 0 aliphatic heterocycles. The molecule has 0 saturated carbocycles. The molecule has 1 N–H and O–H groups in total. The van der Waals surface area contributed by atoms with Crippen LogP contribution in [0.4, 0.5) is 0 Å². The van der Waals surface area contributed by atoms with Crippen molar-refractivity contribution in [3.63, 3.8) is 0 Å². The first-order chi connectivity index (χ1) is 16.7. The zero-order chi connectivity index (χ0) is 23.6. The van der Waals surface area contributed by atoms with Crippen molar-refractivity contribution in [2.24, 2.45) is 0 Å². The molecule has 178 valence electrons. The lowest BCUT2D eigenvalue weighted by molar-refractivity contribution is 0.601. The molecule has 7 heteroatoms. The van der Waals surface area contributed by atoms with Crippen LogP contribution in [0.25, 0.3) is 11.4 Å². The van der Waals surface area contributed by atoms with Crippen molar-refractivity contribution in [3.8, 4) is 11.4 Å². The van der Waals surface area contributed by atoms with Gasteiger partial charge in [0.25, 0.3) is 0 Å². The number of H-pyrrole nitrogens is 1.